The zero-order valence-electron chi connectivity index (χ0n) is 18.7. The van der Waals surface area contributed by atoms with Crippen molar-refractivity contribution < 1.29 is 22.7 Å². The van der Waals surface area contributed by atoms with E-state index in [0.717, 1.165) is 25.7 Å². The lowest BCUT2D eigenvalue weighted by Gasteiger charge is -2.38. The lowest BCUT2D eigenvalue weighted by atomic mass is 9.96. The Labute approximate surface area is 190 Å². The van der Waals surface area contributed by atoms with Gasteiger partial charge < -0.3 is 20.3 Å². The van der Waals surface area contributed by atoms with Gasteiger partial charge in [0.1, 0.15) is 6.61 Å². The molecule has 0 radical (unpaired) electrons. The second-order valence-corrected chi connectivity index (χ2v) is 10.2. The Bertz CT molecular complexity index is 878. The Hall–Kier alpha value is -2.21. The van der Waals surface area contributed by atoms with Crippen molar-refractivity contribution in [2.75, 3.05) is 57.6 Å². The summed E-state index contributed by atoms with van der Waals surface area (Å²) in [5.74, 6) is -0.258. The molecule has 0 spiro atoms. The van der Waals surface area contributed by atoms with Gasteiger partial charge in [0.25, 0.3) is 10.2 Å². The maximum Gasteiger partial charge on any atom is 0.321 e. The zero-order valence-corrected chi connectivity index (χ0v) is 19.6. The topological polar surface area (TPSA) is 111 Å². The van der Waals surface area contributed by atoms with Crippen LogP contribution in [-0.2, 0) is 19.7 Å². The van der Waals surface area contributed by atoms with E-state index in [0.29, 0.717) is 24.5 Å². The van der Waals surface area contributed by atoms with Gasteiger partial charge >= 0.3 is 6.03 Å². The normalized spacial score (nSPS) is 18.5. The highest BCUT2D eigenvalue weighted by atomic mass is 32.2. The molecule has 3 rings (SSSR count). The van der Waals surface area contributed by atoms with Crippen LogP contribution in [-0.4, -0.2) is 86.9 Å². The van der Waals surface area contributed by atoms with Gasteiger partial charge in [-0.3, -0.25) is 4.79 Å². The van der Waals surface area contributed by atoms with Gasteiger partial charge in [0, 0.05) is 57.8 Å². The van der Waals surface area contributed by atoms with Crippen LogP contribution in [0.3, 0.4) is 0 Å². The first-order valence-electron chi connectivity index (χ1n) is 11.0. The molecule has 3 amide bonds. The molecule has 32 heavy (non-hydrogen) atoms. The van der Waals surface area contributed by atoms with Gasteiger partial charge in [-0.2, -0.15) is 17.0 Å². The molecule has 0 aromatic heterocycles. The van der Waals surface area contributed by atoms with E-state index in [-0.39, 0.29) is 37.7 Å². The highest BCUT2D eigenvalue weighted by Crippen LogP contribution is 2.25. The first-order valence-corrected chi connectivity index (χ1v) is 12.4. The molecule has 2 N–H and O–H groups in total. The molecule has 0 atom stereocenters. The number of piperazine rings is 1. The van der Waals surface area contributed by atoms with Crippen molar-refractivity contribution in [1.29, 1.82) is 0 Å². The molecule has 0 bridgehead atoms. The van der Waals surface area contributed by atoms with Gasteiger partial charge in [-0.25, -0.2) is 4.79 Å². The Balaban J connectivity index is 1.49. The fraction of sp³-hybridized carbons (Fsp3) is 0.619. The van der Waals surface area contributed by atoms with E-state index in [2.05, 4.69) is 10.6 Å². The average Bonchev–Trinajstić information content (AvgIpc) is 2.80. The molecule has 1 aromatic carbocycles. The summed E-state index contributed by atoms with van der Waals surface area (Å²) in [6.45, 7) is 1.18. The third kappa shape index (κ3) is 6.18. The van der Waals surface area contributed by atoms with Crippen molar-refractivity contribution in [3.05, 3.63) is 24.3 Å². The number of carbonyl (C=O) groups excluding carboxylic acids is 2. The second kappa shape index (κ2) is 11.1. The predicted octanol–water partition coefficient (Wildman–Crippen LogP) is 1.93. The molecule has 2 aliphatic rings. The number of hydrogen-bond donors (Lipinski definition) is 2. The van der Waals surface area contributed by atoms with Crippen LogP contribution in [0.2, 0.25) is 0 Å². The number of methoxy groups -OCH3 is 1. The Morgan fingerprint density at radius 2 is 1.56 bits per heavy atom. The minimum atomic E-state index is -3.52. The molecule has 2 fully saturated rings. The van der Waals surface area contributed by atoms with E-state index in [1.807, 2.05) is 0 Å². The third-order valence-electron chi connectivity index (χ3n) is 6.00. The van der Waals surface area contributed by atoms with Crippen molar-refractivity contribution in [3.63, 3.8) is 0 Å². The van der Waals surface area contributed by atoms with Gasteiger partial charge in [-0.15, -0.1) is 0 Å². The van der Waals surface area contributed by atoms with Crippen LogP contribution in [0, 0.1) is 0 Å². The third-order valence-corrected chi connectivity index (χ3v) is 8.04. The number of nitrogens with zero attached hydrogens (tertiary/aromatic N) is 3. The number of benzene rings is 1. The van der Waals surface area contributed by atoms with Crippen molar-refractivity contribution in [2.45, 2.75) is 38.1 Å². The van der Waals surface area contributed by atoms with Crippen molar-refractivity contribution >= 4 is 33.5 Å². The van der Waals surface area contributed by atoms with Crippen LogP contribution < -0.4 is 10.6 Å². The molecule has 10 nitrogen and oxygen atoms in total. The number of amides is 3. The number of hydrogen-bond acceptors (Lipinski definition) is 5. The summed E-state index contributed by atoms with van der Waals surface area (Å²) in [4.78, 5) is 25.8. The number of rotatable bonds is 7. The highest BCUT2D eigenvalue weighted by molar-refractivity contribution is 7.86. The largest absolute Gasteiger partial charge is 0.375 e. The van der Waals surface area contributed by atoms with E-state index in [1.54, 1.807) is 36.2 Å². The first-order chi connectivity index (χ1) is 15.3. The van der Waals surface area contributed by atoms with Crippen molar-refractivity contribution in [2.24, 2.45) is 0 Å². The van der Waals surface area contributed by atoms with Crippen LogP contribution in [0.15, 0.2) is 24.3 Å². The van der Waals surface area contributed by atoms with Crippen molar-refractivity contribution in [1.82, 2.24) is 13.5 Å². The lowest BCUT2D eigenvalue weighted by Crippen LogP contribution is -2.55. The summed E-state index contributed by atoms with van der Waals surface area (Å²) in [5.41, 5.74) is 1.19. The van der Waals surface area contributed by atoms with Gasteiger partial charge in [-0.05, 0) is 37.1 Å². The summed E-state index contributed by atoms with van der Waals surface area (Å²) >= 11 is 0. The van der Waals surface area contributed by atoms with Crippen LogP contribution in [0.5, 0.6) is 0 Å². The average molecular weight is 468 g/mol. The van der Waals surface area contributed by atoms with Crippen LogP contribution in [0.1, 0.15) is 32.1 Å². The molecule has 1 aromatic rings. The Kier molecular flexibility index (Phi) is 8.46. The predicted molar refractivity (Wildman–Crippen MR) is 123 cm³/mol. The maximum absolute atomic E-state index is 13.0. The van der Waals surface area contributed by atoms with Crippen LogP contribution in [0.25, 0.3) is 0 Å². The fourth-order valence-corrected chi connectivity index (χ4v) is 5.68. The zero-order chi connectivity index (χ0) is 23.1. The summed E-state index contributed by atoms with van der Waals surface area (Å²) in [7, 11) is -0.404. The van der Waals surface area contributed by atoms with E-state index >= 15 is 0 Å². The monoisotopic (exact) mass is 467 g/mol. The van der Waals surface area contributed by atoms with Crippen LogP contribution >= 0.6 is 0 Å². The minimum absolute atomic E-state index is 0.0311. The quantitative estimate of drug-likeness (QED) is 0.637. The molecular weight excluding hydrogens is 434 g/mol. The summed E-state index contributed by atoms with van der Waals surface area (Å²) in [6.07, 6.45) is 5.13. The maximum atomic E-state index is 13.0. The molecule has 0 unspecified atom stereocenters. The summed E-state index contributed by atoms with van der Waals surface area (Å²) in [5, 5.41) is 5.50. The summed E-state index contributed by atoms with van der Waals surface area (Å²) < 4.78 is 33.8. The molecule has 1 heterocycles. The molecular formula is C21H33N5O5S. The molecule has 1 saturated carbocycles. The SMILES string of the molecule is COCC(=O)Nc1ccc(NC(=O)N2CCN(S(=O)(=O)N(C)C3CCCCC3)CC2)cc1. The van der Waals surface area contributed by atoms with Gasteiger partial charge in [0.2, 0.25) is 5.91 Å². The molecule has 1 saturated heterocycles. The first kappa shape index (κ1) is 24.4. The van der Waals surface area contributed by atoms with Crippen molar-refractivity contribution in [3.8, 4) is 0 Å². The smallest absolute Gasteiger partial charge is 0.321 e. The van der Waals surface area contributed by atoms with E-state index in [4.69, 9.17) is 4.74 Å². The minimum Gasteiger partial charge on any atom is -0.375 e. The number of nitrogens with one attached hydrogen (secondary N) is 2. The highest BCUT2D eigenvalue weighted by Gasteiger charge is 2.35. The van der Waals surface area contributed by atoms with Gasteiger partial charge in [0.05, 0.1) is 0 Å². The van der Waals surface area contributed by atoms with Gasteiger partial charge in [0.15, 0.2) is 0 Å². The van der Waals surface area contributed by atoms with Gasteiger partial charge in [-0.1, -0.05) is 19.3 Å². The number of urea groups is 1. The van der Waals surface area contributed by atoms with E-state index < -0.39 is 10.2 Å². The lowest BCUT2D eigenvalue weighted by molar-refractivity contribution is -0.119. The van der Waals surface area contributed by atoms with E-state index in [1.165, 1.54) is 22.1 Å². The molecule has 1 aliphatic heterocycles. The van der Waals surface area contributed by atoms with Crippen LogP contribution in [0.4, 0.5) is 16.2 Å². The Morgan fingerprint density at radius 3 is 2.12 bits per heavy atom. The van der Waals surface area contributed by atoms with E-state index in [9.17, 15) is 18.0 Å². The number of ether oxygens (including phenoxy) is 1. The Morgan fingerprint density at radius 1 is 1.00 bits per heavy atom. The second-order valence-electron chi connectivity index (χ2n) is 8.19. The number of carbonyl (C=O) groups is 2. The molecule has 178 valence electrons. The number of anilines is 2. The standard InChI is InChI=1S/C21H33N5O5S/c1-24(19-6-4-3-5-7-19)32(29,30)26-14-12-25(13-15-26)21(28)23-18-10-8-17(9-11-18)22-20(27)16-31-2/h8-11,19H,3-7,12-16H2,1-2H3,(H,22,27)(H,23,28). The molecule has 1 aliphatic carbocycles. The summed E-state index contributed by atoms with van der Waals surface area (Å²) in [6, 6.07) is 6.56. The molecule has 11 heteroatoms. The fourth-order valence-electron chi connectivity index (χ4n) is 4.10.